The Labute approximate surface area is 107 Å². The predicted octanol–water partition coefficient (Wildman–Crippen LogP) is 4.66. The molecule has 0 bridgehead atoms. The van der Waals surface area contributed by atoms with Crippen molar-refractivity contribution in [1.29, 1.82) is 0 Å². The Bertz CT molecular complexity index is 284. The summed E-state index contributed by atoms with van der Waals surface area (Å²) >= 11 is 0. The Kier molecular flexibility index (Phi) is 6.65. The fraction of sp³-hybridized carbons (Fsp3) is 0.818. The summed E-state index contributed by atoms with van der Waals surface area (Å²) in [5, 5.41) is 0. The first kappa shape index (κ1) is 18.0. The van der Waals surface area contributed by atoms with Crippen molar-refractivity contribution >= 4 is 0 Å². The van der Waals surface area contributed by atoms with Crippen LogP contribution in [0.15, 0.2) is 12.0 Å². The van der Waals surface area contributed by atoms with Gasteiger partial charge in [0.05, 0.1) is 12.0 Å². The number of alkyl halides is 6. The smallest absolute Gasteiger partial charge is 0.349 e. The van der Waals surface area contributed by atoms with Crippen molar-refractivity contribution in [3.05, 3.63) is 12.0 Å². The first-order valence-corrected chi connectivity index (χ1v) is 5.86. The van der Waals surface area contributed by atoms with Crippen molar-refractivity contribution in [1.82, 2.24) is 4.90 Å². The first-order valence-electron chi connectivity index (χ1n) is 5.86. The second kappa shape index (κ2) is 7.00. The van der Waals surface area contributed by atoms with Gasteiger partial charge in [-0.25, -0.2) is 0 Å². The molecule has 0 aliphatic carbocycles. The van der Waals surface area contributed by atoms with E-state index in [4.69, 9.17) is 0 Å². The van der Waals surface area contributed by atoms with Gasteiger partial charge in [0.15, 0.2) is 5.95 Å². The van der Waals surface area contributed by atoms with Crippen molar-refractivity contribution in [3.8, 4) is 0 Å². The molecule has 0 aromatic carbocycles. The number of nitrogens with zero attached hydrogens (tertiary/aromatic N) is 1. The van der Waals surface area contributed by atoms with E-state index in [0.717, 1.165) is 0 Å². The van der Waals surface area contributed by atoms with Crippen LogP contribution in [0.3, 0.4) is 0 Å². The topological polar surface area (TPSA) is 3.24 Å². The molecule has 0 N–H and O–H groups in total. The maximum Gasteiger partial charge on any atom is 0.414 e. The van der Waals surface area contributed by atoms with Crippen LogP contribution in [0.25, 0.3) is 0 Å². The van der Waals surface area contributed by atoms with Gasteiger partial charge in [0.25, 0.3) is 0 Å². The average molecular weight is 295 g/mol. The molecular formula is C11H16F7N. The summed E-state index contributed by atoms with van der Waals surface area (Å²) in [6.45, 7) is 3.28. The summed E-state index contributed by atoms with van der Waals surface area (Å²) in [5.74, 6) is -3.09. The lowest BCUT2D eigenvalue weighted by molar-refractivity contribution is -0.184. The average Bonchev–Trinajstić information content (AvgIpc) is 2.28. The summed E-state index contributed by atoms with van der Waals surface area (Å²) in [6.07, 6.45) is -10.5. The van der Waals surface area contributed by atoms with Crippen LogP contribution in [0.4, 0.5) is 30.7 Å². The van der Waals surface area contributed by atoms with E-state index in [-0.39, 0.29) is 25.9 Å². The van der Waals surface area contributed by atoms with E-state index in [1.807, 2.05) is 13.8 Å². The molecule has 0 radical (unpaired) electrons. The maximum atomic E-state index is 13.0. The molecule has 1 rings (SSSR count). The number of halogens is 7. The molecule has 0 aromatic heterocycles. The van der Waals surface area contributed by atoms with E-state index in [2.05, 4.69) is 0 Å². The van der Waals surface area contributed by atoms with Crippen LogP contribution in [-0.4, -0.2) is 30.3 Å². The molecule has 0 amide bonds. The van der Waals surface area contributed by atoms with E-state index in [0.29, 0.717) is 4.90 Å². The Morgan fingerprint density at radius 1 is 1.00 bits per heavy atom. The summed E-state index contributed by atoms with van der Waals surface area (Å²) in [5.41, 5.74) is 0. The highest BCUT2D eigenvalue weighted by Crippen LogP contribution is 2.35. The quantitative estimate of drug-likeness (QED) is 0.502. The van der Waals surface area contributed by atoms with Gasteiger partial charge in [0.1, 0.15) is 0 Å². The normalized spacial score (nSPS) is 19.0. The fourth-order valence-electron chi connectivity index (χ4n) is 1.65. The van der Waals surface area contributed by atoms with Crippen LogP contribution in [-0.2, 0) is 0 Å². The molecule has 19 heavy (non-hydrogen) atoms. The van der Waals surface area contributed by atoms with Crippen molar-refractivity contribution in [3.63, 3.8) is 0 Å². The molecule has 1 nitrogen and oxygen atoms in total. The first-order chi connectivity index (χ1) is 8.59. The SMILES string of the molecule is CC.F/C(=C\C(F)(F)F)N1CCC(C(F)(F)F)CC1. The van der Waals surface area contributed by atoms with Crippen LogP contribution in [0.5, 0.6) is 0 Å². The lowest BCUT2D eigenvalue weighted by atomic mass is 9.96. The molecular weight excluding hydrogens is 279 g/mol. The predicted molar refractivity (Wildman–Crippen MR) is 56.9 cm³/mol. The van der Waals surface area contributed by atoms with E-state index in [1.165, 1.54) is 0 Å². The standard InChI is InChI=1S/C9H10F7N.C2H6/c10-7(5-8(11,12)13)17-3-1-6(2-4-17)9(14,15)16;1-2/h5-6H,1-4H2;1-2H3/b7-5+;. The Hall–Kier alpha value is -0.950. The molecule has 0 unspecified atom stereocenters. The molecule has 114 valence electrons. The number of allylic oxidation sites excluding steroid dienone is 1. The Morgan fingerprint density at radius 3 is 1.74 bits per heavy atom. The minimum absolute atomic E-state index is 0.359. The number of hydrogen-bond acceptors (Lipinski definition) is 1. The Balaban J connectivity index is 0.00000154. The number of rotatable bonds is 1. The number of likely N-dealkylation sites (tertiary alicyclic amines) is 1. The van der Waals surface area contributed by atoms with Gasteiger partial charge in [-0.2, -0.15) is 30.7 Å². The van der Waals surface area contributed by atoms with Crippen LogP contribution >= 0.6 is 0 Å². The highest BCUT2D eigenvalue weighted by atomic mass is 19.4. The summed E-state index contributed by atoms with van der Waals surface area (Å²) < 4.78 is 85.1. The summed E-state index contributed by atoms with van der Waals surface area (Å²) in [4.78, 5) is 0.676. The highest BCUT2D eigenvalue weighted by molar-refractivity contribution is 4.98. The molecule has 1 aliphatic heterocycles. The van der Waals surface area contributed by atoms with Crippen LogP contribution in [0.2, 0.25) is 0 Å². The zero-order valence-electron chi connectivity index (χ0n) is 10.6. The molecule has 0 spiro atoms. The maximum absolute atomic E-state index is 13.0. The van der Waals surface area contributed by atoms with Gasteiger partial charge < -0.3 is 4.90 Å². The summed E-state index contributed by atoms with van der Waals surface area (Å²) in [7, 11) is 0. The van der Waals surface area contributed by atoms with Gasteiger partial charge in [-0.15, -0.1) is 0 Å². The van der Waals surface area contributed by atoms with Gasteiger partial charge in [0.2, 0.25) is 0 Å². The third-order valence-electron chi connectivity index (χ3n) is 2.54. The molecule has 8 heteroatoms. The van der Waals surface area contributed by atoms with Gasteiger partial charge >= 0.3 is 12.4 Å². The van der Waals surface area contributed by atoms with Crippen molar-refractivity contribution in [2.75, 3.05) is 13.1 Å². The molecule has 1 aliphatic rings. The zero-order chi connectivity index (χ0) is 15.3. The molecule has 1 saturated heterocycles. The third kappa shape index (κ3) is 6.68. The lowest BCUT2D eigenvalue weighted by Crippen LogP contribution is -2.38. The van der Waals surface area contributed by atoms with Gasteiger partial charge in [-0.05, 0) is 12.8 Å². The second-order valence-corrected chi connectivity index (χ2v) is 3.81. The molecule has 1 heterocycles. The van der Waals surface area contributed by atoms with E-state index in [1.54, 1.807) is 0 Å². The molecule has 0 saturated carbocycles. The minimum atomic E-state index is -4.80. The highest BCUT2D eigenvalue weighted by Gasteiger charge is 2.41. The van der Waals surface area contributed by atoms with Crippen LogP contribution in [0, 0.1) is 5.92 Å². The summed E-state index contributed by atoms with van der Waals surface area (Å²) in [6, 6.07) is 0. The monoisotopic (exact) mass is 295 g/mol. The lowest BCUT2D eigenvalue weighted by Gasteiger charge is -2.33. The van der Waals surface area contributed by atoms with Gasteiger partial charge in [0, 0.05) is 13.1 Å². The van der Waals surface area contributed by atoms with Crippen molar-refractivity contribution < 1.29 is 30.7 Å². The van der Waals surface area contributed by atoms with Gasteiger partial charge in [-0.3, -0.25) is 0 Å². The Morgan fingerprint density at radius 2 is 1.42 bits per heavy atom. The number of hydrogen-bond donors (Lipinski definition) is 0. The number of piperidine rings is 1. The molecule has 1 fully saturated rings. The largest absolute Gasteiger partial charge is 0.414 e. The molecule has 0 aromatic rings. The van der Waals surface area contributed by atoms with Crippen molar-refractivity contribution in [2.24, 2.45) is 5.92 Å². The van der Waals surface area contributed by atoms with E-state index in [9.17, 15) is 30.7 Å². The van der Waals surface area contributed by atoms with Crippen LogP contribution < -0.4 is 0 Å². The van der Waals surface area contributed by atoms with E-state index >= 15 is 0 Å². The van der Waals surface area contributed by atoms with Crippen molar-refractivity contribution in [2.45, 2.75) is 39.0 Å². The van der Waals surface area contributed by atoms with Crippen LogP contribution in [0.1, 0.15) is 26.7 Å². The fourth-order valence-corrected chi connectivity index (χ4v) is 1.65. The van der Waals surface area contributed by atoms with Gasteiger partial charge in [-0.1, -0.05) is 13.8 Å². The minimum Gasteiger partial charge on any atom is -0.349 e. The zero-order valence-corrected chi connectivity index (χ0v) is 10.6. The van der Waals surface area contributed by atoms with E-state index < -0.39 is 30.3 Å². The second-order valence-electron chi connectivity index (χ2n) is 3.81. The molecule has 0 atom stereocenters. The third-order valence-corrected chi connectivity index (χ3v) is 2.54.